The normalized spacial score (nSPS) is 20.4. The highest BCUT2D eigenvalue weighted by molar-refractivity contribution is 7.91. The number of sulfone groups is 1. The van der Waals surface area contributed by atoms with Crippen LogP contribution in [-0.2, 0) is 33.2 Å². The first-order valence-electron chi connectivity index (χ1n) is 10.8. The van der Waals surface area contributed by atoms with Crippen LogP contribution in [0.1, 0.15) is 51.3 Å². The zero-order valence-corrected chi connectivity index (χ0v) is 19.7. The van der Waals surface area contributed by atoms with E-state index in [-0.39, 0.29) is 18.0 Å². The number of hydrogen-bond acceptors (Lipinski definition) is 4. The largest absolute Gasteiger partial charge is 0.372 e. The molecule has 1 heterocycles. The molecule has 2 aromatic carbocycles. The zero-order chi connectivity index (χ0) is 21.9. The summed E-state index contributed by atoms with van der Waals surface area (Å²) in [6, 6.07) is 16.8. The van der Waals surface area contributed by atoms with Gasteiger partial charge in [-0.2, -0.15) is 0 Å². The van der Waals surface area contributed by atoms with Crippen molar-refractivity contribution in [2.45, 2.75) is 70.2 Å². The summed E-state index contributed by atoms with van der Waals surface area (Å²) in [6.45, 7) is 11.4. The van der Waals surface area contributed by atoms with Crippen molar-refractivity contribution in [2.24, 2.45) is 0 Å². The van der Waals surface area contributed by atoms with Gasteiger partial charge in [-0.15, -0.1) is 0 Å². The number of morpholine rings is 1. The van der Waals surface area contributed by atoms with Crippen molar-refractivity contribution >= 4 is 15.5 Å². The second-order valence-electron chi connectivity index (χ2n) is 9.52. The van der Waals surface area contributed by atoms with Crippen LogP contribution in [0.5, 0.6) is 0 Å². The third-order valence-electron chi connectivity index (χ3n) is 5.71. The van der Waals surface area contributed by atoms with E-state index in [0.717, 1.165) is 31.5 Å². The van der Waals surface area contributed by atoms with E-state index in [1.807, 2.05) is 12.1 Å². The summed E-state index contributed by atoms with van der Waals surface area (Å²) in [5.74, 6) is 0.0925. The Labute approximate surface area is 182 Å². The monoisotopic (exact) mass is 429 g/mol. The molecular formula is C25H35NO3S. The summed E-state index contributed by atoms with van der Waals surface area (Å²) in [5.41, 5.74) is 4.66. The molecule has 0 bridgehead atoms. The SMILES string of the molecule is C[C@@H]1CN(c2cccc(CCc3ccc(CS(=O)(=O)C(C)(C)C)cc3)c2)C[C@H](C)O1. The van der Waals surface area contributed by atoms with Crippen LogP contribution in [0.3, 0.4) is 0 Å². The van der Waals surface area contributed by atoms with E-state index in [9.17, 15) is 8.42 Å². The van der Waals surface area contributed by atoms with Gasteiger partial charge in [0.15, 0.2) is 9.84 Å². The maximum absolute atomic E-state index is 12.4. The standard InChI is InChI=1S/C25H35NO3S/c1-19-16-26(17-20(2)29-19)24-8-6-7-22(15-24)12-9-21-10-13-23(14-11-21)18-30(27,28)25(3,4)5/h6-8,10-11,13-15,19-20H,9,12,16-18H2,1-5H3/t19-,20+. The van der Waals surface area contributed by atoms with Crippen molar-refractivity contribution in [3.05, 3.63) is 65.2 Å². The van der Waals surface area contributed by atoms with E-state index in [0.29, 0.717) is 0 Å². The Hall–Kier alpha value is -1.85. The molecule has 5 heteroatoms. The molecule has 30 heavy (non-hydrogen) atoms. The Bertz CT molecular complexity index is 935. The molecule has 2 aromatic rings. The van der Waals surface area contributed by atoms with E-state index in [1.54, 1.807) is 20.8 Å². The molecule has 0 unspecified atom stereocenters. The Morgan fingerprint density at radius 3 is 2.07 bits per heavy atom. The van der Waals surface area contributed by atoms with Gasteiger partial charge >= 0.3 is 0 Å². The first-order valence-corrected chi connectivity index (χ1v) is 12.5. The van der Waals surface area contributed by atoms with Crippen molar-refractivity contribution in [1.29, 1.82) is 0 Å². The van der Waals surface area contributed by atoms with Gasteiger partial charge in [0, 0.05) is 18.8 Å². The van der Waals surface area contributed by atoms with Crippen molar-refractivity contribution in [1.82, 2.24) is 0 Å². The fraction of sp³-hybridized carbons (Fsp3) is 0.520. The highest BCUT2D eigenvalue weighted by Gasteiger charge is 2.28. The van der Waals surface area contributed by atoms with Gasteiger partial charge in [0.1, 0.15) is 0 Å². The number of aryl methyl sites for hydroxylation is 2. The van der Waals surface area contributed by atoms with Gasteiger partial charge in [0.05, 0.1) is 22.7 Å². The summed E-state index contributed by atoms with van der Waals surface area (Å²) in [4.78, 5) is 2.41. The average Bonchev–Trinajstić information content (AvgIpc) is 2.66. The molecule has 0 saturated carbocycles. The Kier molecular flexibility index (Phi) is 6.93. The molecule has 1 fully saturated rings. The third kappa shape index (κ3) is 5.86. The third-order valence-corrected chi connectivity index (χ3v) is 8.29. The van der Waals surface area contributed by atoms with Gasteiger partial charge in [-0.05, 0) is 76.3 Å². The maximum atomic E-state index is 12.4. The predicted molar refractivity (Wildman–Crippen MR) is 125 cm³/mol. The smallest absolute Gasteiger partial charge is 0.159 e. The zero-order valence-electron chi connectivity index (χ0n) is 18.9. The molecule has 2 atom stereocenters. The fourth-order valence-corrected chi connectivity index (χ4v) is 4.89. The minimum Gasteiger partial charge on any atom is -0.372 e. The predicted octanol–water partition coefficient (Wildman–Crippen LogP) is 4.80. The van der Waals surface area contributed by atoms with Crippen LogP contribution in [0.15, 0.2) is 48.5 Å². The van der Waals surface area contributed by atoms with Gasteiger partial charge in [-0.1, -0.05) is 36.4 Å². The van der Waals surface area contributed by atoms with E-state index in [4.69, 9.17) is 4.74 Å². The molecular weight excluding hydrogens is 394 g/mol. The quantitative estimate of drug-likeness (QED) is 0.662. The lowest BCUT2D eigenvalue weighted by Crippen LogP contribution is -2.45. The summed E-state index contributed by atoms with van der Waals surface area (Å²) in [6.07, 6.45) is 2.39. The number of nitrogens with zero attached hydrogens (tertiary/aromatic N) is 1. The summed E-state index contributed by atoms with van der Waals surface area (Å²) >= 11 is 0. The molecule has 0 N–H and O–H groups in total. The molecule has 0 spiro atoms. The topological polar surface area (TPSA) is 46.6 Å². The summed E-state index contributed by atoms with van der Waals surface area (Å²) < 4.78 is 29.9. The van der Waals surface area contributed by atoms with Crippen LogP contribution in [0.25, 0.3) is 0 Å². The summed E-state index contributed by atoms with van der Waals surface area (Å²) in [7, 11) is -3.16. The van der Waals surface area contributed by atoms with Crippen LogP contribution in [0, 0.1) is 0 Å². The lowest BCUT2D eigenvalue weighted by Gasteiger charge is -2.37. The van der Waals surface area contributed by atoms with Crippen LogP contribution in [0.2, 0.25) is 0 Å². The number of anilines is 1. The average molecular weight is 430 g/mol. The van der Waals surface area contributed by atoms with Crippen LogP contribution in [-0.4, -0.2) is 38.5 Å². The first-order chi connectivity index (χ1) is 14.0. The minimum atomic E-state index is -3.16. The van der Waals surface area contributed by atoms with Crippen molar-refractivity contribution in [2.75, 3.05) is 18.0 Å². The molecule has 0 aromatic heterocycles. The second-order valence-corrected chi connectivity index (χ2v) is 12.3. The van der Waals surface area contributed by atoms with Crippen LogP contribution >= 0.6 is 0 Å². The molecule has 4 nitrogen and oxygen atoms in total. The van der Waals surface area contributed by atoms with Crippen LogP contribution in [0.4, 0.5) is 5.69 Å². The molecule has 0 amide bonds. The molecule has 1 aliphatic rings. The second kappa shape index (κ2) is 9.11. The number of ether oxygens (including phenoxy) is 1. The molecule has 164 valence electrons. The molecule has 1 saturated heterocycles. The van der Waals surface area contributed by atoms with Gasteiger partial charge < -0.3 is 9.64 Å². The lowest BCUT2D eigenvalue weighted by molar-refractivity contribution is -0.00522. The van der Waals surface area contributed by atoms with Crippen molar-refractivity contribution in [3.63, 3.8) is 0 Å². The molecule has 3 rings (SSSR count). The van der Waals surface area contributed by atoms with Gasteiger partial charge in [-0.25, -0.2) is 8.42 Å². The van der Waals surface area contributed by atoms with Crippen molar-refractivity contribution in [3.8, 4) is 0 Å². The Morgan fingerprint density at radius 2 is 1.47 bits per heavy atom. The number of hydrogen-bond donors (Lipinski definition) is 0. The first kappa shape index (κ1) is 22.8. The van der Waals surface area contributed by atoms with Crippen molar-refractivity contribution < 1.29 is 13.2 Å². The van der Waals surface area contributed by atoms with E-state index in [2.05, 4.69) is 55.1 Å². The maximum Gasteiger partial charge on any atom is 0.159 e. The fourth-order valence-electron chi connectivity index (χ4n) is 3.82. The lowest BCUT2D eigenvalue weighted by atomic mass is 10.0. The van der Waals surface area contributed by atoms with Crippen LogP contribution < -0.4 is 4.90 Å². The minimum absolute atomic E-state index is 0.0925. The Morgan fingerprint density at radius 1 is 0.900 bits per heavy atom. The van der Waals surface area contributed by atoms with E-state index < -0.39 is 14.6 Å². The van der Waals surface area contributed by atoms with Gasteiger partial charge in [-0.3, -0.25) is 0 Å². The highest BCUT2D eigenvalue weighted by Crippen LogP contribution is 2.23. The van der Waals surface area contributed by atoms with Gasteiger partial charge in [0.25, 0.3) is 0 Å². The summed E-state index contributed by atoms with van der Waals surface area (Å²) in [5, 5.41) is 0. The Balaban J connectivity index is 1.61. The number of rotatable bonds is 6. The van der Waals surface area contributed by atoms with E-state index in [1.165, 1.54) is 16.8 Å². The molecule has 1 aliphatic heterocycles. The molecule has 0 aliphatic carbocycles. The van der Waals surface area contributed by atoms with E-state index >= 15 is 0 Å². The highest BCUT2D eigenvalue weighted by atomic mass is 32.2. The molecule has 0 radical (unpaired) electrons. The number of benzene rings is 2. The van der Waals surface area contributed by atoms with Gasteiger partial charge in [0.2, 0.25) is 0 Å².